The molecule has 0 radical (unpaired) electrons. The average Bonchev–Trinajstić information content (AvgIpc) is 3.86. The van der Waals surface area contributed by atoms with Crippen LogP contribution in [0.4, 0.5) is 0 Å². The van der Waals surface area contributed by atoms with Crippen LogP contribution in [0.25, 0.3) is 97.9 Å². The largest absolute Gasteiger partial charge is 0.307 e. The summed E-state index contributed by atoms with van der Waals surface area (Å²) >= 11 is 1.76. The second-order valence-corrected chi connectivity index (χ2v) is 14.0. The van der Waals surface area contributed by atoms with Gasteiger partial charge >= 0.3 is 0 Å². The fourth-order valence-corrected chi connectivity index (χ4v) is 9.06. The van der Waals surface area contributed by atoms with Crippen molar-refractivity contribution in [3.05, 3.63) is 170 Å². The molecule has 0 atom stereocenters. The van der Waals surface area contributed by atoms with Crippen LogP contribution in [0.1, 0.15) is 0 Å². The van der Waals surface area contributed by atoms with Crippen molar-refractivity contribution in [2.24, 2.45) is 0 Å². The van der Waals surface area contributed by atoms with Crippen LogP contribution in [-0.2, 0) is 0 Å². The quantitative estimate of drug-likeness (QED) is 0.187. The Bertz CT molecular complexity index is 3130. The summed E-state index contributed by atoms with van der Waals surface area (Å²) < 4.78 is 7.19. The van der Waals surface area contributed by atoms with Gasteiger partial charge in [0.1, 0.15) is 0 Å². The molecule has 0 unspecified atom stereocenters. The molecule has 0 saturated heterocycles. The van der Waals surface area contributed by atoms with Crippen LogP contribution >= 0.6 is 11.3 Å². The molecular formula is C46H28N4S. The molecule has 5 heteroatoms. The number of para-hydroxylation sites is 3. The first-order valence-corrected chi connectivity index (χ1v) is 18.0. The van der Waals surface area contributed by atoms with Crippen molar-refractivity contribution in [1.82, 2.24) is 19.1 Å². The topological polar surface area (TPSA) is 35.6 Å². The van der Waals surface area contributed by atoms with Gasteiger partial charge in [0, 0.05) is 54.1 Å². The lowest BCUT2D eigenvalue weighted by Gasteiger charge is -2.13. The van der Waals surface area contributed by atoms with E-state index in [9.17, 15) is 0 Å². The molecule has 0 spiro atoms. The summed E-state index contributed by atoms with van der Waals surface area (Å²) in [7, 11) is 0. The summed E-state index contributed by atoms with van der Waals surface area (Å²) in [6.07, 6.45) is 0. The van der Waals surface area contributed by atoms with Crippen LogP contribution in [0, 0.1) is 0 Å². The minimum Gasteiger partial charge on any atom is -0.307 e. The Hall–Kier alpha value is -6.56. The van der Waals surface area contributed by atoms with Crippen molar-refractivity contribution < 1.29 is 0 Å². The highest BCUT2D eigenvalue weighted by molar-refractivity contribution is 7.26. The number of thiophene rings is 1. The standard InChI is InChI=1S/C46H28N4S/c1-3-14-29(15-4-1)41-45-42(37-22-9-12-25-40(37)51-45)48-46(47-41)30-16-13-19-32(28-30)50-39-24-11-8-21-34(39)36-27-26-35-33-20-7-10-23-38(33)49(43(35)44(36)50)31-17-5-2-6-18-31/h1-28H. The van der Waals surface area contributed by atoms with Crippen molar-refractivity contribution >= 4 is 75.3 Å². The monoisotopic (exact) mass is 668 g/mol. The van der Waals surface area contributed by atoms with Crippen LogP contribution in [-0.4, -0.2) is 19.1 Å². The molecule has 0 fully saturated rings. The maximum Gasteiger partial charge on any atom is 0.160 e. The highest BCUT2D eigenvalue weighted by atomic mass is 32.1. The third-order valence-corrected chi connectivity index (χ3v) is 11.3. The predicted molar refractivity (Wildman–Crippen MR) is 214 cm³/mol. The molecule has 51 heavy (non-hydrogen) atoms. The van der Waals surface area contributed by atoms with E-state index in [2.05, 4.69) is 179 Å². The molecule has 0 saturated carbocycles. The SMILES string of the molecule is c1ccc(-c2nc(-c3cccc(-n4c5ccccc5c5ccc6c7ccccc7n(-c7ccccc7)c6c54)c3)nc3c2sc2ccccc23)cc1. The van der Waals surface area contributed by atoms with Crippen molar-refractivity contribution in [3.63, 3.8) is 0 Å². The van der Waals surface area contributed by atoms with Gasteiger partial charge in [-0.2, -0.15) is 0 Å². The first-order chi connectivity index (χ1) is 25.3. The molecule has 4 nitrogen and oxygen atoms in total. The smallest absolute Gasteiger partial charge is 0.160 e. The van der Waals surface area contributed by atoms with Crippen LogP contribution in [0.15, 0.2) is 170 Å². The highest BCUT2D eigenvalue weighted by Gasteiger charge is 2.22. The van der Waals surface area contributed by atoms with Gasteiger partial charge < -0.3 is 9.13 Å². The summed E-state index contributed by atoms with van der Waals surface area (Å²) in [5.74, 6) is 0.719. The molecule has 0 aliphatic heterocycles. The summed E-state index contributed by atoms with van der Waals surface area (Å²) in [6.45, 7) is 0. The number of hydrogen-bond donors (Lipinski definition) is 0. The van der Waals surface area contributed by atoms with E-state index in [1.165, 1.54) is 42.8 Å². The molecular weight excluding hydrogens is 641 g/mol. The molecule has 4 aromatic heterocycles. The summed E-state index contributed by atoms with van der Waals surface area (Å²) in [5.41, 5.74) is 10.9. The zero-order valence-corrected chi connectivity index (χ0v) is 28.2. The van der Waals surface area contributed by atoms with E-state index in [-0.39, 0.29) is 0 Å². The predicted octanol–water partition coefficient (Wildman–Crippen LogP) is 12.4. The first kappa shape index (κ1) is 28.3. The zero-order valence-electron chi connectivity index (χ0n) is 27.4. The van der Waals surface area contributed by atoms with E-state index in [0.717, 1.165) is 55.1 Å². The van der Waals surface area contributed by atoms with Gasteiger partial charge in [-0.25, -0.2) is 9.97 Å². The van der Waals surface area contributed by atoms with Gasteiger partial charge in [0.25, 0.3) is 0 Å². The van der Waals surface area contributed by atoms with E-state index < -0.39 is 0 Å². The summed E-state index contributed by atoms with van der Waals surface area (Å²) in [4.78, 5) is 10.6. The van der Waals surface area contributed by atoms with Gasteiger partial charge in [0.2, 0.25) is 0 Å². The zero-order chi connectivity index (χ0) is 33.5. The minimum absolute atomic E-state index is 0.719. The number of fused-ring (bicyclic) bond motifs is 10. The molecule has 0 amide bonds. The molecule has 4 heterocycles. The number of nitrogens with zero attached hydrogens (tertiary/aromatic N) is 4. The molecule has 0 aliphatic rings. The third-order valence-electron chi connectivity index (χ3n) is 10.1. The minimum atomic E-state index is 0.719. The Morgan fingerprint density at radius 1 is 0.412 bits per heavy atom. The van der Waals surface area contributed by atoms with Crippen molar-refractivity contribution in [3.8, 4) is 34.0 Å². The Morgan fingerprint density at radius 3 is 1.67 bits per heavy atom. The second-order valence-electron chi connectivity index (χ2n) is 13.0. The number of rotatable bonds is 4. The lowest BCUT2D eigenvalue weighted by Crippen LogP contribution is -1.99. The fourth-order valence-electron chi connectivity index (χ4n) is 7.91. The normalized spacial score (nSPS) is 11.9. The third kappa shape index (κ3) is 4.19. The maximum absolute atomic E-state index is 5.30. The number of benzene rings is 7. The highest BCUT2D eigenvalue weighted by Crippen LogP contribution is 2.43. The van der Waals surface area contributed by atoms with Crippen LogP contribution < -0.4 is 0 Å². The van der Waals surface area contributed by atoms with Gasteiger partial charge in [0.05, 0.1) is 38.0 Å². The van der Waals surface area contributed by atoms with E-state index in [1.54, 1.807) is 11.3 Å². The lowest BCUT2D eigenvalue weighted by molar-refractivity contribution is 1.15. The fraction of sp³-hybridized carbons (Fsp3) is 0. The van der Waals surface area contributed by atoms with Crippen LogP contribution in [0.3, 0.4) is 0 Å². The number of aromatic nitrogens is 4. The van der Waals surface area contributed by atoms with Gasteiger partial charge in [-0.3, -0.25) is 0 Å². The van der Waals surface area contributed by atoms with Gasteiger partial charge in [-0.1, -0.05) is 127 Å². The average molecular weight is 669 g/mol. The second kappa shape index (κ2) is 11.0. The van der Waals surface area contributed by atoms with Crippen molar-refractivity contribution in [1.29, 1.82) is 0 Å². The summed E-state index contributed by atoms with van der Waals surface area (Å²) in [6, 6.07) is 60.6. The molecule has 238 valence electrons. The van der Waals surface area contributed by atoms with E-state index in [1.807, 2.05) is 0 Å². The Labute approximate surface area is 297 Å². The molecule has 11 rings (SSSR count). The number of hydrogen-bond acceptors (Lipinski definition) is 3. The van der Waals surface area contributed by atoms with Crippen LogP contribution in [0.2, 0.25) is 0 Å². The Morgan fingerprint density at radius 2 is 0.961 bits per heavy atom. The molecule has 0 aliphatic carbocycles. The summed E-state index contributed by atoms with van der Waals surface area (Å²) in [5, 5.41) is 6.07. The van der Waals surface area contributed by atoms with Crippen LogP contribution in [0.5, 0.6) is 0 Å². The lowest BCUT2D eigenvalue weighted by atomic mass is 10.1. The van der Waals surface area contributed by atoms with Crippen molar-refractivity contribution in [2.45, 2.75) is 0 Å². The van der Waals surface area contributed by atoms with E-state index in [0.29, 0.717) is 0 Å². The molecule has 0 N–H and O–H groups in total. The first-order valence-electron chi connectivity index (χ1n) is 17.2. The van der Waals surface area contributed by atoms with Gasteiger partial charge in [0.15, 0.2) is 5.82 Å². The van der Waals surface area contributed by atoms with Crippen molar-refractivity contribution in [2.75, 3.05) is 0 Å². The van der Waals surface area contributed by atoms with Gasteiger partial charge in [-0.05, 0) is 42.5 Å². The Balaban J connectivity index is 1.22. The van der Waals surface area contributed by atoms with E-state index >= 15 is 0 Å². The maximum atomic E-state index is 5.30. The molecule has 7 aromatic carbocycles. The van der Waals surface area contributed by atoms with E-state index in [4.69, 9.17) is 9.97 Å². The molecule has 11 aromatic rings. The Kier molecular flexibility index (Phi) is 6.09. The molecule has 0 bridgehead atoms. The van der Waals surface area contributed by atoms with Gasteiger partial charge in [-0.15, -0.1) is 11.3 Å².